The van der Waals surface area contributed by atoms with E-state index in [1.807, 2.05) is 49.2 Å². The first-order valence-electron chi connectivity index (χ1n) is 4.71. The lowest BCUT2D eigenvalue weighted by atomic mass is 10.1. The fourth-order valence-electron chi connectivity index (χ4n) is 1.45. The highest BCUT2D eigenvalue weighted by atomic mass is 16.1. The fraction of sp³-hybridized carbons (Fsp3) is 0.364. The van der Waals surface area contributed by atoms with E-state index in [9.17, 15) is 4.79 Å². The van der Waals surface area contributed by atoms with E-state index in [0.717, 1.165) is 12.1 Å². The maximum atomic E-state index is 11.3. The van der Waals surface area contributed by atoms with Crippen LogP contribution < -0.4 is 5.73 Å². The van der Waals surface area contributed by atoms with Crippen LogP contribution in [0.3, 0.4) is 0 Å². The predicted molar refractivity (Wildman–Crippen MR) is 56.7 cm³/mol. The molecule has 3 heteroatoms. The van der Waals surface area contributed by atoms with Crippen LogP contribution in [0.1, 0.15) is 18.5 Å². The van der Waals surface area contributed by atoms with Gasteiger partial charge in [-0.05, 0) is 19.2 Å². The quantitative estimate of drug-likeness (QED) is 0.778. The normalized spacial score (nSPS) is 12.8. The van der Waals surface area contributed by atoms with Crippen molar-refractivity contribution in [2.24, 2.45) is 5.73 Å². The van der Waals surface area contributed by atoms with Crippen molar-refractivity contribution in [3.63, 3.8) is 0 Å². The molecular formula is C11H16N2O. The maximum Gasteiger partial charge on any atom is 0.239 e. The van der Waals surface area contributed by atoms with Crippen LogP contribution in [-0.2, 0) is 4.79 Å². The predicted octanol–water partition coefficient (Wildman–Crippen LogP) is 1.16. The van der Waals surface area contributed by atoms with Crippen molar-refractivity contribution in [3.05, 3.63) is 35.9 Å². The molecule has 0 heterocycles. The topological polar surface area (TPSA) is 46.3 Å². The van der Waals surface area contributed by atoms with Gasteiger partial charge in [0.1, 0.15) is 6.04 Å². The van der Waals surface area contributed by atoms with Gasteiger partial charge in [-0.3, -0.25) is 9.69 Å². The summed E-state index contributed by atoms with van der Waals surface area (Å²) in [6.07, 6.45) is 0. The first-order chi connectivity index (χ1) is 6.66. The van der Waals surface area contributed by atoms with Crippen LogP contribution in [0.25, 0.3) is 0 Å². The minimum Gasteiger partial charge on any atom is -0.368 e. The molecule has 0 fully saturated rings. The van der Waals surface area contributed by atoms with Gasteiger partial charge in [0.2, 0.25) is 5.91 Å². The lowest BCUT2D eigenvalue weighted by molar-refractivity contribution is -0.122. The Balaban J connectivity index is 2.95. The summed E-state index contributed by atoms with van der Waals surface area (Å²) in [5, 5.41) is 0. The number of benzene rings is 1. The second kappa shape index (κ2) is 4.77. The molecule has 3 nitrogen and oxygen atoms in total. The van der Waals surface area contributed by atoms with Crippen LogP contribution in [0.2, 0.25) is 0 Å². The molecule has 1 aromatic rings. The Labute approximate surface area is 84.5 Å². The molecule has 1 amide bonds. The number of carbonyl (C=O) groups is 1. The van der Waals surface area contributed by atoms with Crippen LogP contribution in [0.15, 0.2) is 30.3 Å². The second-order valence-electron chi connectivity index (χ2n) is 3.29. The van der Waals surface area contributed by atoms with E-state index in [4.69, 9.17) is 5.73 Å². The Morgan fingerprint density at radius 1 is 1.43 bits per heavy atom. The number of hydrogen-bond acceptors (Lipinski definition) is 2. The summed E-state index contributed by atoms with van der Waals surface area (Å²) in [7, 11) is 1.89. The molecule has 76 valence electrons. The van der Waals surface area contributed by atoms with Gasteiger partial charge in [0.05, 0.1) is 0 Å². The van der Waals surface area contributed by atoms with Crippen molar-refractivity contribution in [2.75, 3.05) is 13.6 Å². The zero-order valence-corrected chi connectivity index (χ0v) is 8.60. The SMILES string of the molecule is CCN(C)[C@@H](C(N)=O)c1ccccc1. The Kier molecular flexibility index (Phi) is 3.65. The van der Waals surface area contributed by atoms with Gasteiger partial charge < -0.3 is 5.73 Å². The first-order valence-corrected chi connectivity index (χ1v) is 4.71. The van der Waals surface area contributed by atoms with Crippen molar-refractivity contribution >= 4 is 5.91 Å². The van der Waals surface area contributed by atoms with Crippen LogP contribution in [-0.4, -0.2) is 24.4 Å². The Hall–Kier alpha value is -1.35. The van der Waals surface area contributed by atoms with Gasteiger partial charge in [-0.2, -0.15) is 0 Å². The number of nitrogens with two attached hydrogens (primary N) is 1. The van der Waals surface area contributed by atoms with E-state index in [0.29, 0.717) is 0 Å². The molecule has 0 saturated heterocycles. The van der Waals surface area contributed by atoms with E-state index >= 15 is 0 Å². The number of hydrogen-bond donors (Lipinski definition) is 1. The Morgan fingerprint density at radius 3 is 2.43 bits per heavy atom. The highest BCUT2D eigenvalue weighted by Crippen LogP contribution is 2.17. The van der Waals surface area contributed by atoms with Gasteiger partial charge in [0.25, 0.3) is 0 Å². The Morgan fingerprint density at radius 2 is 2.00 bits per heavy atom. The summed E-state index contributed by atoms with van der Waals surface area (Å²) < 4.78 is 0. The largest absolute Gasteiger partial charge is 0.368 e. The number of primary amides is 1. The van der Waals surface area contributed by atoms with E-state index in [2.05, 4.69) is 0 Å². The lowest BCUT2D eigenvalue weighted by Gasteiger charge is -2.24. The van der Waals surface area contributed by atoms with E-state index in [1.54, 1.807) is 0 Å². The first kappa shape index (κ1) is 10.7. The van der Waals surface area contributed by atoms with Crippen molar-refractivity contribution in [2.45, 2.75) is 13.0 Å². The number of amides is 1. The summed E-state index contributed by atoms with van der Waals surface area (Å²) in [5.74, 6) is -0.305. The van der Waals surface area contributed by atoms with E-state index in [-0.39, 0.29) is 11.9 Å². The molecule has 0 bridgehead atoms. The molecule has 0 aliphatic rings. The average Bonchev–Trinajstić information content (AvgIpc) is 2.19. The number of rotatable bonds is 4. The molecule has 2 N–H and O–H groups in total. The monoisotopic (exact) mass is 192 g/mol. The van der Waals surface area contributed by atoms with Crippen molar-refractivity contribution < 1.29 is 4.79 Å². The molecule has 0 saturated carbocycles. The molecule has 0 aromatic heterocycles. The summed E-state index contributed by atoms with van der Waals surface area (Å²) in [5.41, 5.74) is 6.31. The summed E-state index contributed by atoms with van der Waals surface area (Å²) in [4.78, 5) is 13.2. The lowest BCUT2D eigenvalue weighted by Crippen LogP contribution is -2.35. The minimum absolute atomic E-state index is 0.305. The minimum atomic E-state index is -0.318. The zero-order valence-electron chi connectivity index (χ0n) is 8.60. The van der Waals surface area contributed by atoms with Gasteiger partial charge >= 0.3 is 0 Å². The van der Waals surface area contributed by atoms with Gasteiger partial charge in [-0.15, -0.1) is 0 Å². The van der Waals surface area contributed by atoms with E-state index < -0.39 is 0 Å². The third-order valence-corrected chi connectivity index (χ3v) is 2.32. The molecular weight excluding hydrogens is 176 g/mol. The van der Waals surface area contributed by atoms with Crippen LogP contribution in [0.5, 0.6) is 0 Å². The number of nitrogens with zero attached hydrogens (tertiary/aromatic N) is 1. The van der Waals surface area contributed by atoms with Gasteiger partial charge in [-0.1, -0.05) is 37.3 Å². The summed E-state index contributed by atoms with van der Waals surface area (Å²) in [6.45, 7) is 2.79. The van der Waals surface area contributed by atoms with Crippen LogP contribution in [0, 0.1) is 0 Å². The maximum absolute atomic E-state index is 11.3. The fourth-order valence-corrected chi connectivity index (χ4v) is 1.45. The molecule has 1 rings (SSSR count). The standard InChI is InChI=1S/C11H16N2O/c1-3-13(2)10(11(12)14)9-7-5-4-6-8-9/h4-8,10H,3H2,1-2H3,(H2,12,14)/t10-/m1/s1. The average molecular weight is 192 g/mol. The molecule has 0 aliphatic heterocycles. The molecule has 0 spiro atoms. The number of likely N-dealkylation sites (N-methyl/N-ethyl adjacent to an activating group) is 1. The molecule has 14 heavy (non-hydrogen) atoms. The van der Waals surface area contributed by atoms with Crippen molar-refractivity contribution in [3.8, 4) is 0 Å². The van der Waals surface area contributed by atoms with Gasteiger partial charge in [-0.25, -0.2) is 0 Å². The Bertz CT molecular complexity index is 297. The molecule has 0 radical (unpaired) electrons. The third kappa shape index (κ3) is 2.33. The zero-order chi connectivity index (χ0) is 10.6. The van der Waals surface area contributed by atoms with Gasteiger partial charge in [0, 0.05) is 0 Å². The molecule has 0 unspecified atom stereocenters. The van der Waals surface area contributed by atoms with Crippen LogP contribution >= 0.6 is 0 Å². The third-order valence-electron chi connectivity index (χ3n) is 2.32. The smallest absolute Gasteiger partial charge is 0.239 e. The van der Waals surface area contributed by atoms with Crippen molar-refractivity contribution in [1.29, 1.82) is 0 Å². The molecule has 1 aromatic carbocycles. The van der Waals surface area contributed by atoms with Crippen molar-refractivity contribution in [1.82, 2.24) is 4.90 Å². The van der Waals surface area contributed by atoms with Gasteiger partial charge in [0.15, 0.2) is 0 Å². The summed E-state index contributed by atoms with van der Waals surface area (Å²) >= 11 is 0. The molecule has 0 aliphatic carbocycles. The summed E-state index contributed by atoms with van der Waals surface area (Å²) in [6, 6.07) is 9.27. The highest BCUT2D eigenvalue weighted by Gasteiger charge is 2.20. The highest BCUT2D eigenvalue weighted by molar-refractivity contribution is 5.81. The molecule has 1 atom stereocenters. The van der Waals surface area contributed by atoms with E-state index in [1.165, 1.54) is 0 Å². The van der Waals surface area contributed by atoms with Crippen LogP contribution in [0.4, 0.5) is 0 Å². The second-order valence-corrected chi connectivity index (χ2v) is 3.29. The number of carbonyl (C=O) groups excluding carboxylic acids is 1.